The predicted molar refractivity (Wildman–Crippen MR) is 78.0 cm³/mol. The van der Waals surface area contributed by atoms with Crippen molar-refractivity contribution in [3.63, 3.8) is 0 Å². The maximum absolute atomic E-state index is 5.17. The second-order valence-electron chi connectivity index (χ2n) is 4.63. The molecule has 0 amide bonds. The lowest BCUT2D eigenvalue weighted by atomic mass is 10.1. The number of ether oxygens (including phenoxy) is 1. The van der Waals surface area contributed by atoms with Crippen LogP contribution in [-0.2, 0) is 10.1 Å². The largest absolute Gasteiger partial charge is 0.383 e. The zero-order chi connectivity index (χ0) is 12.7. The normalized spacial score (nSPS) is 10.9. The third-order valence-corrected chi connectivity index (χ3v) is 3.25. The topological polar surface area (TPSA) is 12.5 Å². The van der Waals surface area contributed by atoms with Gasteiger partial charge >= 0.3 is 0 Å². The van der Waals surface area contributed by atoms with Gasteiger partial charge in [-0.2, -0.15) is 0 Å². The van der Waals surface area contributed by atoms with Crippen LogP contribution in [0.5, 0.6) is 0 Å². The fraction of sp³-hybridized carbons (Fsp3) is 0.571. The summed E-state index contributed by atoms with van der Waals surface area (Å²) in [4.78, 5) is 2.38. The highest BCUT2D eigenvalue weighted by Gasteiger charge is 2.08. The first-order chi connectivity index (χ1) is 8.17. The van der Waals surface area contributed by atoms with Crippen molar-refractivity contribution >= 4 is 21.6 Å². The lowest BCUT2D eigenvalue weighted by molar-refractivity contribution is 0.204. The van der Waals surface area contributed by atoms with Crippen LogP contribution in [0, 0.1) is 5.92 Å². The third kappa shape index (κ3) is 5.09. The molecule has 0 heterocycles. The van der Waals surface area contributed by atoms with Gasteiger partial charge in [0, 0.05) is 31.2 Å². The fourth-order valence-corrected chi connectivity index (χ4v) is 2.14. The monoisotopic (exact) mass is 299 g/mol. The van der Waals surface area contributed by atoms with Gasteiger partial charge in [-0.05, 0) is 23.6 Å². The van der Waals surface area contributed by atoms with Crippen LogP contribution in [0.25, 0.3) is 0 Å². The number of rotatable bonds is 7. The Morgan fingerprint density at radius 1 is 1.24 bits per heavy atom. The van der Waals surface area contributed by atoms with Gasteiger partial charge in [0.1, 0.15) is 0 Å². The van der Waals surface area contributed by atoms with E-state index in [0.29, 0.717) is 5.92 Å². The fourth-order valence-electron chi connectivity index (χ4n) is 1.76. The highest BCUT2D eigenvalue weighted by atomic mass is 79.9. The SMILES string of the molecule is COCCN(CC(C)C)c1ccc(CBr)cc1. The summed E-state index contributed by atoms with van der Waals surface area (Å²) < 4.78 is 5.17. The van der Waals surface area contributed by atoms with Gasteiger partial charge in [-0.25, -0.2) is 0 Å². The van der Waals surface area contributed by atoms with Gasteiger partial charge in [-0.1, -0.05) is 41.9 Å². The van der Waals surface area contributed by atoms with E-state index in [2.05, 4.69) is 58.9 Å². The standard InChI is InChI=1S/C14H22BrNO/c1-12(2)11-16(8-9-17-3)14-6-4-13(10-15)5-7-14/h4-7,12H,8-11H2,1-3H3. The lowest BCUT2D eigenvalue weighted by Crippen LogP contribution is -2.30. The summed E-state index contributed by atoms with van der Waals surface area (Å²) in [6.45, 7) is 7.27. The molecule has 17 heavy (non-hydrogen) atoms. The molecule has 0 fully saturated rings. The van der Waals surface area contributed by atoms with Gasteiger partial charge in [0.15, 0.2) is 0 Å². The number of anilines is 1. The maximum Gasteiger partial charge on any atom is 0.0637 e. The van der Waals surface area contributed by atoms with E-state index in [1.807, 2.05) is 0 Å². The molecular formula is C14H22BrNO. The summed E-state index contributed by atoms with van der Waals surface area (Å²) in [6.07, 6.45) is 0. The van der Waals surface area contributed by atoms with Gasteiger partial charge < -0.3 is 9.64 Å². The minimum absolute atomic E-state index is 0.655. The molecule has 0 radical (unpaired) electrons. The Morgan fingerprint density at radius 2 is 1.88 bits per heavy atom. The zero-order valence-corrected chi connectivity index (χ0v) is 12.5. The van der Waals surface area contributed by atoms with Crippen LogP contribution in [0.15, 0.2) is 24.3 Å². The Balaban J connectivity index is 2.72. The number of hydrogen-bond donors (Lipinski definition) is 0. The third-order valence-electron chi connectivity index (χ3n) is 2.61. The van der Waals surface area contributed by atoms with E-state index < -0.39 is 0 Å². The average molecular weight is 300 g/mol. The van der Waals surface area contributed by atoms with E-state index >= 15 is 0 Å². The summed E-state index contributed by atoms with van der Waals surface area (Å²) in [5, 5.41) is 0.912. The first kappa shape index (κ1) is 14.5. The first-order valence-corrected chi connectivity index (χ1v) is 7.18. The molecular weight excluding hydrogens is 278 g/mol. The quantitative estimate of drug-likeness (QED) is 0.712. The number of benzene rings is 1. The molecule has 0 atom stereocenters. The van der Waals surface area contributed by atoms with E-state index in [9.17, 15) is 0 Å². The average Bonchev–Trinajstić information content (AvgIpc) is 2.34. The Kier molecular flexibility index (Phi) is 6.60. The summed E-state index contributed by atoms with van der Waals surface area (Å²) in [5.41, 5.74) is 2.59. The van der Waals surface area contributed by atoms with Crippen molar-refractivity contribution in [1.82, 2.24) is 0 Å². The van der Waals surface area contributed by atoms with Gasteiger partial charge in [-0.15, -0.1) is 0 Å². The number of nitrogens with zero attached hydrogens (tertiary/aromatic N) is 1. The first-order valence-electron chi connectivity index (χ1n) is 6.06. The van der Waals surface area contributed by atoms with Crippen LogP contribution in [0.1, 0.15) is 19.4 Å². The molecule has 96 valence electrons. The van der Waals surface area contributed by atoms with Crippen LogP contribution < -0.4 is 4.90 Å². The van der Waals surface area contributed by atoms with Crippen LogP contribution >= 0.6 is 15.9 Å². The molecule has 0 bridgehead atoms. The Bertz CT molecular complexity index is 311. The van der Waals surface area contributed by atoms with Crippen LogP contribution in [-0.4, -0.2) is 26.8 Å². The maximum atomic E-state index is 5.17. The smallest absolute Gasteiger partial charge is 0.0637 e. The van der Waals surface area contributed by atoms with Gasteiger partial charge in [0.2, 0.25) is 0 Å². The molecule has 1 rings (SSSR count). The molecule has 0 spiro atoms. The number of hydrogen-bond acceptors (Lipinski definition) is 2. The van der Waals surface area contributed by atoms with E-state index in [0.717, 1.165) is 25.0 Å². The molecule has 0 aliphatic heterocycles. The molecule has 2 nitrogen and oxygen atoms in total. The number of methoxy groups -OCH3 is 1. The number of alkyl halides is 1. The van der Waals surface area contributed by atoms with Crippen molar-refractivity contribution < 1.29 is 4.74 Å². The second-order valence-corrected chi connectivity index (χ2v) is 5.19. The zero-order valence-electron chi connectivity index (χ0n) is 10.9. The van der Waals surface area contributed by atoms with Gasteiger partial charge in [-0.3, -0.25) is 0 Å². The summed E-state index contributed by atoms with van der Waals surface area (Å²) in [6, 6.07) is 8.72. The highest BCUT2D eigenvalue weighted by Crippen LogP contribution is 2.17. The van der Waals surface area contributed by atoms with Gasteiger partial charge in [0.05, 0.1) is 6.61 Å². The summed E-state index contributed by atoms with van der Waals surface area (Å²) in [5.74, 6) is 0.655. The molecule has 0 aliphatic rings. The molecule has 0 saturated heterocycles. The van der Waals surface area contributed by atoms with Crippen molar-refractivity contribution in [3.8, 4) is 0 Å². The molecule has 0 saturated carbocycles. The predicted octanol–water partition coefficient (Wildman–Crippen LogP) is 3.69. The van der Waals surface area contributed by atoms with Gasteiger partial charge in [0.25, 0.3) is 0 Å². The van der Waals surface area contributed by atoms with Crippen molar-refractivity contribution in [2.75, 3.05) is 31.7 Å². The molecule has 3 heteroatoms. The van der Waals surface area contributed by atoms with Crippen molar-refractivity contribution in [2.45, 2.75) is 19.2 Å². The molecule has 0 unspecified atom stereocenters. The van der Waals surface area contributed by atoms with Crippen molar-refractivity contribution in [3.05, 3.63) is 29.8 Å². The Hall–Kier alpha value is -0.540. The minimum Gasteiger partial charge on any atom is -0.383 e. The molecule has 0 aromatic heterocycles. The molecule has 1 aromatic carbocycles. The van der Waals surface area contributed by atoms with E-state index in [-0.39, 0.29) is 0 Å². The second kappa shape index (κ2) is 7.72. The van der Waals surface area contributed by atoms with Crippen LogP contribution in [0.3, 0.4) is 0 Å². The van der Waals surface area contributed by atoms with E-state index in [4.69, 9.17) is 4.74 Å². The molecule has 0 aliphatic carbocycles. The summed E-state index contributed by atoms with van der Waals surface area (Å²) in [7, 11) is 1.75. The van der Waals surface area contributed by atoms with E-state index in [1.54, 1.807) is 7.11 Å². The van der Waals surface area contributed by atoms with E-state index in [1.165, 1.54) is 11.3 Å². The molecule has 1 aromatic rings. The molecule has 0 N–H and O–H groups in total. The number of halogens is 1. The summed E-state index contributed by atoms with van der Waals surface area (Å²) >= 11 is 3.47. The lowest BCUT2D eigenvalue weighted by Gasteiger charge is -2.26. The Labute approximate surface area is 113 Å². The van der Waals surface area contributed by atoms with Crippen LogP contribution in [0.2, 0.25) is 0 Å². The van der Waals surface area contributed by atoms with Crippen molar-refractivity contribution in [1.29, 1.82) is 0 Å². The Morgan fingerprint density at radius 3 is 2.35 bits per heavy atom. The van der Waals surface area contributed by atoms with Crippen LogP contribution in [0.4, 0.5) is 5.69 Å². The van der Waals surface area contributed by atoms with Crippen molar-refractivity contribution in [2.24, 2.45) is 5.92 Å². The minimum atomic E-state index is 0.655. The highest BCUT2D eigenvalue weighted by molar-refractivity contribution is 9.08.